The second kappa shape index (κ2) is 7.29. The Morgan fingerprint density at radius 2 is 1.90 bits per heavy atom. The van der Waals surface area contributed by atoms with E-state index in [1.807, 2.05) is 43.3 Å². The number of hydrogen-bond donors (Lipinski definition) is 1. The first-order valence-corrected chi connectivity index (χ1v) is 10.0. The fraction of sp³-hybridized carbons (Fsp3) is 0.238. The third kappa shape index (κ3) is 3.58. The van der Waals surface area contributed by atoms with Gasteiger partial charge in [0.15, 0.2) is 28.1 Å². The summed E-state index contributed by atoms with van der Waals surface area (Å²) in [6.07, 6.45) is -0.0155. The minimum atomic E-state index is -0.716. The summed E-state index contributed by atoms with van der Waals surface area (Å²) in [4.78, 5) is 18.2. The monoisotopic (exact) mass is 410 g/mol. The van der Waals surface area contributed by atoms with Crippen molar-refractivity contribution in [1.29, 1.82) is 0 Å². The Bertz CT molecular complexity index is 1080. The van der Waals surface area contributed by atoms with E-state index in [0.717, 1.165) is 27.6 Å². The summed E-state index contributed by atoms with van der Waals surface area (Å²) in [5.41, 5.74) is 1.98. The maximum Gasteiger partial charge on any atom is 0.270 e. The molecule has 0 fully saturated rings. The molecular weight excluding hydrogens is 392 g/mol. The molecule has 1 amide bonds. The molecule has 2 aliphatic rings. The van der Waals surface area contributed by atoms with Crippen LogP contribution in [-0.4, -0.2) is 30.4 Å². The van der Waals surface area contributed by atoms with Gasteiger partial charge in [-0.1, -0.05) is 18.2 Å². The molecule has 0 aliphatic carbocycles. The van der Waals surface area contributed by atoms with Gasteiger partial charge in [-0.15, -0.1) is 11.3 Å². The van der Waals surface area contributed by atoms with Crippen molar-refractivity contribution in [2.45, 2.75) is 19.4 Å². The lowest BCUT2D eigenvalue weighted by atomic mass is 10.1. The highest BCUT2D eigenvalue weighted by atomic mass is 32.1. The minimum absolute atomic E-state index is 0.164. The summed E-state index contributed by atoms with van der Waals surface area (Å²) < 4.78 is 22.2. The third-order valence-corrected chi connectivity index (χ3v) is 5.80. The SMILES string of the molecule is Cc1nc(NC(=O)C2COc3ccccc3O2)sc1Cc1ccc2c(c1)OCO2. The van der Waals surface area contributed by atoms with Crippen molar-refractivity contribution in [2.24, 2.45) is 0 Å². The average Bonchev–Trinajstić information content (AvgIpc) is 3.33. The van der Waals surface area contributed by atoms with Crippen LogP contribution in [0.2, 0.25) is 0 Å². The van der Waals surface area contributed by atoms with Crippen molar-refractivity contribution in [3.05, 3.63) is 58.6 Å². The predicted molar refractivity (Wildman–Crippen MR) is 107 cm³/mol. The summed E-state index contributed by atoms with van der Waals surface area (Å²) in [5, 5.41) is 3.40. The molecule has 0 spiro atoms. The van der Waals surface area contributed by atoms with Crippen LogP contribution in [0.5, 0.6) is 23.0 Å². The van der Waals surface area contributed by atoms with Crippen LogP contribution >= 0.6 is 11.3 Å². The Kier molecular flexibility index (Phi) is 4.48. The van der Waals surface area contributed by atoms with Gasteiger partial charge in [0, 0.05) is 11.3 Å². The van der Waals surface area contributed by atoms with E-state index < -0.39 is 6.10 Å². The van der Waals surface area contributed by atoms with Crippen LogP contribution in [0, 0.1) is 6.92 Å². The molecule has 7 nitrogen and oxygen atoms in total. The van der Waals surface area contributed by atoms with Crippen LogP contribution in [0.1, 0.15) is 16.1 Å². The zero-order chi connectivity index (χ0) is 19.8. The Balaban J connectivity index is 1.26. The zero-order valence-electron chi connectivity index (χ0n) is 15.6. The number of fused-ring (bicyclic) bond motifs is 2. The molecule has 2 aliphatic heterocycles. The number of amides is 1. The van der Waals surface area contributed by atoms with Crippen LogP contribution < -0.4 is 24.3 Å². The number of carbonyl (C=O) groups excluding carboxylic acids is 1. The van der Waals surface area contributed by atoms with Crippen molar-refractivity contribution in [3.63, 3.8) is 0 Å². The highest BCUT2D eigenvalue weighted by Crippen LogP contribution is 2.35. The number of rotatable bonds is 4. The molecule has 2 aromatic carbocycles. The summed E-state index contributed by atoms with van der Waals surface area (Å²) in [6.45, 7) is 2.36. The highest BCUT2D eigenvalue weighted by Gasteiger charge is 2.28. The number of nitrogens with zero attached hydrogens (tertiary/aromatic N) is 1. The van der Waals surface area contributed by atoms with Gasteiger partial charge < -0.3 is 18.9 Å². The highest BCUT2D eigenvalue weighted by molar-refractivity contribution is 7.15. The molecule has 3 aromatic rings. The van der Waals surface area contributed by atoms with Crippen molar-refractivity contribution < 1.29 is 23.7 Å². The Labute approximate surface area is 171 Å². The van der Waals surface area contributed by atoms with Gasteiger partial charge in [-0.05, 0) is 36.8 Å². The minimum Gasteiger partial charge on any atom is -0.485 e. The third-order valence-electron chi connectivity index (χ3n) is 4.73. The number of aromatic nitrogens is 1. The molecule has 5 rings (SSSR count). The standard InChI is InChI=1S/C21H18N2O5S/c1-12-19(9-13-6-7-15-17(8-13)27-11-26-15)29-21(22-12)23-20(24)18-10-25-14-4-2-3-5-16(14)28-18/h2-8,18H,9-11H2,1H3,(H,22,23,24). The normalized spacial score (nSPS) is 16.5. The second-order valence-electron chi connectivity index (χ2n) is 6.75. The summed E-state index contributed by atoms with van der Waals surface area (Å²) in [6, 6.07) is 13.2. The Morgan fingerprint density at radius 1 is 1.10 bits per heavy atom. The summed E-state index contributed by atoms with van der Waals surface area (Å²) >= 11 is 1.45. The van der Waals surface area contributed by atoms with Crippen LogP contribution in [0.25, 0.3) is 0 Å². The molecular formula is C21H18N2O5S. The lowest BCUT2D eigenvalue weighted by Crippen LogP contribution is -2.40. The lowest BCUT2D eigenvalue weighted by molar-refractivity contribution is -0.125. The number of anilines is 1. The number of carbonyl (C=O) groups is 1. The smallest absolute Gasteiger partial charge is 0.270 e. The van der Waals surface area contributed by atoms with E-state index in [2.05, 4.69) is 10.3 Å². The van der Waals surface area contributed by atoms with Crippen LogP contribution in [0.4, 0.5) is 5.13 Å². The maximum absolute atomic E-state index is 12.6. The second-order valence-corrected chi connectivity index (χ2v) is 7.83. The largest absolute Gasteiger partial charge is 0.485 e. The first kappa shape index (κ1) is 17.8. The van der Waals surface area contributed by atoms with Crippen molar-refractivity contribution in [3.8, 4) is 23.0 Å². The molecule has 1 N–H and O–H groups in total. The van der Waals surface area contributed by atoms with Gasteiger partial charge in [0.25, 0.3) is 5.91 Å². The number of nitrogens with one attached hydrogen (secondary N) is 1. The van der Waals surface area contributed by atoms with Gasteiger partial charge in [0.2, 0.25) is 12.9 Å². The fourth-order valence-corrected chi connectivity index (χ4v) is 4.22. The number of aryl methyl sites for hydroxylation is 1. The van der Waals surface area contributed by atoms with Gasteiger partial charge in [-0.3, -0.25) is 10.1 Å². The Hall–Kier alpha value is -3.26. The van der Waals surface area contributed by atoms with E-state index in [4.69, 9.17) is 18.9 Å². The first-order chi connectivity index (χ1) is 14.2. The Morgan fingerprint density at radius 3 is 2.79 bits per heavy atom. The van der Waals surface area contributed by atoms with E-state index >= 15 is 0 Å². The van der Waals surface area contributed by atoms with Crippen LogP contribution in [0.15, 0.2) is 42.5 Å². The first-order valence-electron chi connectivity index (χ1n) is 9.20. The molecule has 148 valence electrons. The van der Waals surface area contributed by atoms with Crippen LogP contribution in [-0.2, 0) is 11.2 Å². The molecule has 3 heterocycles. The topological polar surface area (TPSA) is 78.9 Å². The molecule has 1 unspecified atom stereocenters. The van der Waals surface area contributed by atoms with Gasteiger partial charge >= 0.3 is 0 Å². The van der Waals surface area contributed by atoms with E-state index in [1.54, 1.807) is 6.07 Å². The number of thiazole rings is 1. The lowest BCUT2D eigenvalue weighted by Gasteiger charge is -2.25. The van der Waals surface area contributed by atoms with Crippen molar-refractivity contribution in [2.75, 3.05) is 18.7 Å². The van der Waals surface area contributed by atoms with Gasteiger partial charge in [-0.25, -0.2) is 4.98 Å². The molecule has 1 aromatic heterocycles. The number of ether oxygens (including phenoxy) is 4. The number of hydrogen-bond acceptors (Lipinski definition) is 7. The van der Waals surface area contributed by atoms with Crippen LogP contribution in [0.3, 0.4) is 0 Å². The number of para-hydroxylation sites is 2. The van der Waals surface area contributed by atoms with E-state index in [1.165, 1.54) is 11.3 Å². The predicted octanol–water partition coefficient (Wildman–Crippen LogP) is 3.55. The quantitative estimate of drug-likeness (QED) is 0.709. The zero-order valence-corrected chi connectivity index (χ0v) is 16.5. The molecule has 0 saturated heterocycles. The van der Waals surface area contributed by atoms with Gasteiger partial charge in [0.1, 0.15) is 6.61 Å². The molecule has 0 radical (unpaired) electrons. The average molecular weight is 410 g/mol. The van der Waals surface area contributed by atoms with Gasteiger partial charge in [-0.2, -0.15) is 0 Å². The summed E-state index contributed by atoms with van der Waals surface area (Å²) in [7, 11) is 0. The van der Waals surface area contributed by atoms with Gasteiger partial charge in [0.05, 0.1) is 5.69 Å². The molecule has 0 bridgehead atoms. The molecule has 29 heavy (non-hydrogen) atoms. The van der Waals surface area contributed by atoms with E-state index in [-0.39, 0.29) is 19.3 Å². The summed E-state index contributed by atoms with van der Waals surface area (Å²) in [5.74, 6) is 2.46. The molecule has 8 heteroatoms. The van der Waals surface area contributed by atoms with Crippen molar-refractivity contribution in [1.82, 2.24) is 4.98 Å². The maximum atomic E-state index is 12.6. The van der Waals surface area contributed by atoms with E-state index in [9.17, 15) is 4.79 Å². The molecule has 0 saturated carbocycles. The fourth-order valence-electron chi connectivity index (χ4n) is 3.22. The number of benzene rings is 2. The van der Waals surface area contributed by atoms with E-state index in [0.29, 0.717) is 23.1 Å². The van der Waals surface area contributed by atoms with Crippen molar-refractivity contribution >= 4 is 22.4 Å². The molecule has 1 atom stereocenters.